The smallest absolute Gasteiger partial charge is 0.276 e. The number of hydrogen-bond donors (Lipinski definition) is 1. The molecule has 0 fully saturated rings. The average molecular weight is 258 g/mol. The van der Waals surface area contributed by atoms with Gasteiger partial charge in [0.15, 0.2) is 0 Å². The highest BCUT2D eigenvalue weighted by molar-refractivity contribution is 6.03. The van der Waals surface area contributed by atoms with Crippen LogP contribution < -0.4 is 10.1 Å². The highest BCUT2D eigenvalue weighted by atomic mass is 16.5. The predicted molar refractivity (Wildman–Crippen MR) is 70.1 cm³/mol. The van der Waals surface area contributed by atoms with Crippen LogP contribution in [-0.2, 0) is 0 Å². The van der Waals surface area contributed by atoms with E-state index < -0.39 is 0 Å². The third-order valence-corrected chi connectivity index (χ3v) is 2.31. The second-order valence-corrected chi connectivity index (χ2v) is 3.79. The zero-order valence-electron chi connectivity index (χ0n) is 10.8. The number of aromatic nitrogens is 3. The van der Waals surface area contributed by atoms with Crippen molar-refractivity contribution in [3.05, 3.63) is 42.1 Å². The van der Waals surface area contributed by atoms with Gasteiger partial charge in [-0.1, -0.05) is 0 Å². The quantitative estimate of drug-likeness (QED) is 0.905. The highest BCUT2D eigenvalue weighted by Crippen LogP contribution is 2.20. The standard InChI is InChI=1S/C13H14N4O2/c1-3-19-13-10(5-4-6-14-13)17-12(18)11-8-15-9(2)7-16-11/h4-8H,3H2,1-2H3,(H,17,18). The number of pyridine rings is 1. The summed E-state index contributed by atoms with van der Waals surface area (Å²) < 4.78 is 5.33. The third-order valence-electron chi connectivity index (χ3n) is 2.31. The largest absolute Gasteiger partial charge is 0.476 e. The van der Waals surface area contributed by atoms with Crippen LogP contribution in [0.5, 0.6) is 5.88 Å². The van der Waals surface area contributed by atoms with Gasteiger partial charge in [0.2, 0.25) is 5.88 Å². The fourth-order valence-corrected chi connectivity index (χ4v) is 1.43. The van der Waals surface area contributed by atoms with Gasteiger partial charge in [-0.2, -0.15) is 0 Å². The summed E-state index contributed by atoms with van der Waals surface area (Å²) in [4.78, 5) is 24.1. The number of hydrogen-bond acceptors (Lipinski definition) is 5. The molecule has 0 aliphatic heterocycles. The maximum atomic E-state index is 12.0. The lowest BCUT2D eigenvalue weighted by Crippen LogP contribution is -2.15. The molecule has 19 heavy (non-hydrogen) atoms. The summed E-state index contributed by atoms with van der Waals surface area (Å²) in [6, 6.07) is 3.44. The lowest BCUT2D eigenvalue weighted by atomic mass is 10.3. The highest BCUT2D eigenvalue weighted by Gasteiger charge is 2.11. The Bertz CT molecular complexity index is 569. The first-order valence-corrected chi connectivity index (χ1v) is 5.88. The van der Waals surface area contributed by atoms with E-state index in [1.54, 1.807) is 24.5 Å². The zero-order valence-corrected chi connectivity index (χ0v) is 10.8. The summed E-state index contributed by atoms with van der Waals surface area (Å²) in [7, 11) is 0. The molecule has 6 heteroatoms. The van der Waals surface area contributed by atoms with Crippen molar-refractivity contribution in [1.82, 2.24) is 15.0 Å². The molecule has 0 saturated heterocycles. The van der Waals surface area contributed by atoms with E-state index in [9.17, 15) is 4.79 Å². The molecule has 0 aliphatic carbocycles. The Labute approximate surface area is 110 Å². The molecule has 1 N–H and O–H groups in total. The number of anilines is 1. The van der Waals surface area contributed by atoms with Crippen LogP contribution >= 0.6 is 0 Å². The molecule has 0 bridgehead atoms. The van der Waals surface area contributed by atoms with Gasteiger partial charge in [-0.3, -0.25) is 9.78 Å². The van der Waals surface area contributed by atoms with E-state index in [0.29, 0.717) is 18.2 Å². The van der Waals surface area contributed by atoms with Gasteiger partial charge in [0.05, 0.1) is 18.5 Å². The van der Waals surface area contributed by atoms with Crippen molar-refractivity contribution in [3.63, 3.8) is 0 Å². The molecular weight excluding hydrogens is 244 g/mol. The molecule has 0 unspecified atom stereocenters. The van der Waals surface area contributed by atoms with Gasteiger partial charge in [0.1, 0.15) is 11.4 Å². The maximum absolute atomic E-state index is 12.0. The molecule has 0 saturated carbocycles. The molecule has 6 nitrogen and oxygen atoms in total. The van der Waals surface area contributed by atoms with E-state index in [0.717, 1.165) is 5.69 Å². The Hall–Kier alpha value is -2.50. The molecule has 0 radical (unpaired) electrons. The third kappa shape index (κ3) is 3.25. The Balaban J connectivity index is 2.16. The molecule has 0 spiro atoms. The number of aryl methyl sites for hydroxylation is 1. The first-order valence-electron chi connectivity index (χ1n) is 5.88. The summed E-state index contributed by atoms with van der Waals surface area (Å²) in [5.74, 6) is 0.0415. The van der Waals surface area contributed by atoms with Gasteiger partial charge >= 0.3 is 0 Å². The number of nitrogens with one attached hydrogen (secondary N) is 1. The summed E-state index contributed by atoms with van der Waals surface area (Å²) in [6.45, 7) is 4.14. The monoisotopic (exact) mass is 258 g/mol. The molecule has 98 valence electrons. The molecule has 2 heterocycles. The fraction of sp³-hybridized carbons (Fsp3) is 0.231. The molecule has 2 aromatic heterocycles. The van der Waals surface area contributed by atoms with Crippen molar-refractivity contribution < 1.29 is 9.53 Å². The van der Waals surface area contributed by atoms with Gasteiger partial charge < -0.3 is 10.1 Å². The molecular formula is C13H14N4O2. The molecule has 2 aromatic rings. The number of carbonyl (C=O) groups excluding carboxylic acids is 1. The Kier molecular flexibility index (Phi) is 4.02. The lowest BCUT2D eigenvalue weighted by Gasteiger charge is -2.09. The molecule has 1 amide bonds. The van der Waals surface area contributed by atoms with Crippen LogP contribution in [0.2, 0.25) is 0 Å². The van der Waals surface area contributed by atoms with Crippen LogP contribution in [-0.4, -0.2) is 27.5 Å². The van der Waals surface area contributed by atoms with Crippen molar-refractivity contribution in [1.29, 1.82) is 0 Å². The van der Waals surface area contributed by atoms with Crippen LogP contribution in [0.1, 0.15) is 23.1 Å². The minimum absolute atomic E-state index is 0.247. The number of nitrogens with zero attached hydrogens (tertiary/aromatic N) is 3. The predicted octanol–water partition coefficient (Wildman–Crippen LogP) is 1.83. The van der Waals surface area contributed by atoms with Crippen LogP contribution in [0.15, 0.2) is 30.7 Å². The van der Waals surface area contributed by atoms with Crippen molar-refractivity contribution in [3.8, 4) is 5.88 Å². The number of carbonyl (C=O) groups is 1. The van der Waals surface area contributed by atoms with Crippen LogP contribution in [0, 0.1) is 6.92 Å². The Morgan fingerprint density at radius 1 is 1.32 bits per heavy atom. The van der Waals surface area contributed by atoms with E-state index >= 15 is 0 Å². The number of amides is 1. The van der Waals surface area contributed by atoms with E-state index in [2.05, 4.69) is 20.3 Å². The second-order valence-electron chi connectivity index (χ2n) is 3.79. The minimum atomic E-state index is -0.346. The van der Waals surface area contributed by atoms with Gasteiger partial charge in [-0.25, -0.2) is 9.97 Å². The van der Waals surface area contributed by atoms with Gasteiger partial charge in [0, 0.05) is 12.4 Å². The number of rotatable bonds is 4. The van der Waals surface area contributed by atoms with Crippen molar-refractivity contribution >= 4 is 11.6 Å². The van der Waals surface area contributed by atoms with Crippen molar-refractivity contribution in [2.75, 3.05) is 11.9 Å². The number of ether oxygens (including phenoxy) is 1. The minimum Gasteiger partial charge on any atom is -0.476 e. The SMILES string of the molecule is CCOc1ncccc1NC(=O)c1cnc(C)cn1. The van der Waals surface area contributed by atoms with Crippen LogP contribution in [0.3, 0.4) is 0 Å². The summed E-state index contributed by atoms with van der Waals surface area (Å²) in [6.07, 6.45) is 4.58. The van der Waals surface area contributed by atoms with Crippen LogP contribution in [0.25, 0.3) is 0 Å². The average Bonchev–Trinajstić information content (AvgIpc) is 2.42. The van der Waals surface area contributed by atoms with Gasteiger partial charge in [0.25, 0.3) is 5.91 Å². The lowest BCUT2D eigenvalue weighted by molar-refractivity contribution is 0.102. The normalized spacial score (nSPS) is 10.0. The van der Waals surface area contributed by atoms with Crippen molar-refractivity contribution in [2.45, 2.75) is 13.8 Å². The summed E-state index contributed by atoms with van der Waals surface area (Å²) >= 11 is 0. The second kappa shape index (κ2) is 5.90. The summed E-state index contributed by atoms with van der Waals surface area (Å²) in [5.41, 5.74) is 1.52. The first-order chi connectivity index (χ1) is 9.20. The Morgan fingerprint density at radius 3 is 2.84 bits per heavy atom. The van der Waals surface area contributed by atoms with E-state index in [-0.39, 0.29) is 11.6 Å². The zero-order chi connectivity index (χ0) is 13.7. The summed E-state index contributed by atoms with van der Waals surface area (Å²) in [5, 5.41) is 2.70. The van der Waals surface area contributed by atoms with Gasteiger partial charge in [-0.15, -0.1) is 0 Å². The topological polar surface area (TPSA) is 77.0 Å². The van der Waals surface area contributed by atoms with E-state index in [1.807, 2.05) is 13.8 Å². The van der Waals surface area contributed by atoms with Crippen LogP contribution in [0.4, 0.5) is 5.69 Å². The Morgan fingerprint density at radius 2 is 2.16 bits per heavy atom. The molecule has 0 aliphatic rings. The molecule has 2 rings (SSSR count). The molecule has 0 atom stereocenters. The molecule has 0 aromatic carbocycles. The van der Waals surface area contributed by atoms with E-state index in [4.69, 9.17) is 4.74 Å². The maximum Gasteiger partial charge on any atom is 0.276 e. The van der Waals surface area contributed by atoms with Crippen molar-refractivity contribution in [2.24, 2.45) is 0 Å². The van der Waals surface area contributed by atoms with E-state index in [1.165, 1.54) is 6.20 Å². The van der Waals surface area contributed by atoms with Gasteiger partial charge in [-0.05, 0) is 26.0 Å². The fourth-order valence-electron chi connectivity index (χ4n) is 1.43. The first kappa shape index (κ1) is 12.9.